The van der Waals surface area contributed by atoms with Gasteiger partial charge >= 0.3 is 6.09 Å². The molecule has 2 heterocycles. The molecule has 1 amide bonds. The van der Waals surface area contributed by atoms with Gasteiger partial charge in [-0.15, -0.1) is 5.10 Å². The highest BCUT2D eigenvalue weighted by Gasteiger charge is 2.33. The Balaban J connectivity index is 1.75. The number of hydrogen-bond donors (Lipinski definition) is 1. The summed E-state index contributed by atoms with van der Waals surface area (Å²) in [4.78, 5) is 13.4. The molecular formula is C12H20N4O3. The highest BCUT2D eigenvalue weighted by Crippen LogP contribution is 2.20. The molecule has 2 rings (SSSR count). The first-order valence-electron chi connectivity index (χ1n) is 6.35. The molecule has 19 heavy (non-hydrogen) atoms. The lowest BCUT2D eigenvalue weighted by Crippen LogP contribution is -2.52. The predicted molar refractivity (Wildman–Crippen MR) is 67.2 cm³/mol. The number of hydrogen-bond acceptors (Lipinski definition) is 5. The standard InChI is InChI=1S/C12H20N4O3/c1-12(2,3)19-11(18)15-4-9(5-15)6-16-7-10(8-17)13-14-16/h7,9,17H,4-6,8H2,1-3H3. The number of likely N-dealkylation sites (tertiary alicyclic amines) is 1. The van der Waals surface area contributed by atoms with Gasteiger partial charge in [0.1, 0.15) is 11.3 Å². The Morgan fingerprint density at radius 1 is 1.53 bits per heavy atom. The zero-order valence-corrected chi connectivity index (χ0v) is 11.5. The number of ether oxygens (including phenoxy) is 1. The Morgan fingerprint density at radius 3 is 2.74 bits per heavy atom. The number of amides is 1. The minimum Gasteiger partial charge on any atom is -0.444 e. The van der Waals surface area contributed by atoms with Gasteiger partial charge in [-0.2, -0.15) is 0 Å². The Labute approximate surface area is 112 Å². The third kappa shape index (κ3) is 3.66. The molecule has 1 aliphatic rings. The van der Waals surface area contributed by atoms with E-state index in [1.165, 1.54) is 0 Å². The molecule has 1 N–H and O–H groups in total. The minimum atomic E-state index is -0.454. The van der Waals surface area contributed by atoms with E-state index in [0.29, 0.717) is 31.2 Å². The molecular weight excluding hydrogens is 248 g/mol. The van der Waals surface area contributed by atoms with Gasteiger partial charge in [0.15, 0.2) is 0 Å². The normalized spacial score (nSPS) is 16.3. The fourth-order valence-corrected chi connectivity index (χ4v) is 1.93. The van der Waals surface area contributed by atoms with Gasteiger partial charge in [-0.25, -0.2) is 4.79 Å². The van der Waals surface area contributed by atoms with Crippen molar-refractivity contribution in [2.24, 2.45) is 5.92 Å². The third-order valence-electron chi connectivity index (χ3n) is 2.80. The minimum absolute atomic E-state index is 0.102. The van der Waals surface area contributed by atoms with Crippen molar-refractivity contribution < 1.29 is 14.6 Å². The molecule has 0 spiro atoms. The van der Waals surface area contributed by atoms with Crippen LogP contribution in [0.3, 0.4) is 0 Å². The average Bonchev–Trinajstić information content (AvgIpc) is 2.67. The molecule has 0 bridgehead atoms. The molecule has 106 valence electrons. The van der Waals surface area contributed by atoms with Crippen LogP contribution in [0.1, 0.15) is 26.5 Å². The summed E-state index contributed by atoms with van der Waals surface area (Å²) < 4.78 is 6.98. The van der Waals surface area contributed by atoms with Crippen LogP contribution in [-0.4, -0.2) is 49.8 Å². The number of aromatic nitrogens is 3. The number of aliphatic hydroxyl groups is 1. The molecule has 1 aromatic rings. The van der Waals surface area contributed by atoms with Gasteiger partial charge in [-0.05, 0) is 20.8 Å². The van der Waals surface area contributed by atoms with Crippen molar-refractivity contribution in [1.82, 2.24) is 19.9 Å². The van der Waals surface area contributed by atoms with Crippen LogP contribution in [0.2, 0.25) is 0 Å². The molecule has 0 radical (unpaired) electrons. The van der Waals surface area contributed by atoms with Gasteiger partial charge in [0.2, 0.25) is 0 Å². The highest BCUT2D eigenvalue weighted by atomic mass is 16.6. The lowest BCUT2D eigenvalue weighted by Gasteiger charge is -2.39. The number of carbonyl (C=O) groups excluding carboxylic acids is 1. The molecule has 0 saturated carbocycles. The van der Waals surface area contributed by atoms with E-state index in [1.54, 1.807) is 15.8 Å². The van der Waals surface area contributed by atoms with Crippen molar-refractivity contribution in [3.05, 3.63) is 11.9 Å². The van der Waals surface area contributed by atoms with E-state index in [2.05, 4.69) is 10.3 Å². The number of rotatable bonds is 3. The van der Waals surface area contributed by atoms with Crippen LogP contribution in [-0.2, 0) is 17.9 Å². The summed E-state index contributed by atoms with van der Waals surface area (Å²) in [6, 6.07) is 0. The molecule has 1 aromatic heterocycles. The molecule has 0 aliphatic carbocycles. The van der Waals surface area contributed by atoms with E-state index in [9.17, 15) is 4.79 Å². The van der Waals surface area contributed by atoms with E-state index in [-0.39, 0.29) is 12.7 Å². The van der Waals surface area contributed by atoms with E-state index in [4.69, 9.17) is 9.84 Å². The Morgan fingerprint density at radius 2 is 2.21 bits per heavy atom. The van der Waals surface area contributed by atoms with Crippen LogP contribution in [0.4, 0.5) is 4.79 Å². The van der Waals surface area contributed by atoms with Crippen molar-refractivity contribution in [2.45, 2.75) is 39.5 Å². The predicted octanol–water partition coefficient (Wildman–Crippen LogP) is 0.637. The summed E-state index contributed by atoms with van der Waals surface area (Å²) >= 11 is 0. The summed E-state index contributed by atoms with van der Waals surface area (Å²) in [5, 5.41) is 16.6. The van der Waals surface area contributed by atoms with Crippen molar-refractivity contribution in [3.8, 4) is 0 Å². The Kier molecular flexibility index (Phi) is 3.75. The summed E-state index contributed by atoms with van der Waals surface area (Å²) in [6.07, 6.45) is 1.45. The number of nitrogens with zero attached hydrogens (tertiary/aromatic N) is 4. The zero-order valence-electron chi connectivity index (χ0n) is 11.5. The van der Waals surface area contributed by atoms with Gasteiger partial charge in [-0.3, -0.25) is 4.68 Å². The van der Waals surface area contributed by atoms with Crippen LogP contribution >= 0.6 is 0 Å². The van der Waals surface area contributed by atoms with Crippen LogP contribution < -0.4 is 0 Å². The molecule has 0 atom stereocenters. The fourth-order valence-electron chi connectivity index (χ4n) is 1.93. The van der Waals surface area contributed by atoms with E-state index >= 15 is 0 Å². The second-order valence-corrected chi connectivity index (χ2v) is 5.84. The summed E-state index contributed by atoms with van der Waals surface area (Å²) in [5.74, 6) is 0.362. The van der Waals surface area contributed by atoms with E-state index in [0.717, 1.165) is 0 Å². The zero-order chi connectivity index (χ0) is 14.0. The largest absolute Gasteiger partial charge is 0.444 e. The van der Waals surface area contributed by atoms with Gasteiger partial charge in [0.05, 0.1) is 12.8 Å². The lowest BCUT2D eigenvalue weighted by molar-refractivity contribution is -0.00390. The number of aliphatic hydroxyl groups excluding tert-OH is 1. The highest BCUT2D eigenvalue weighted by molar-refractivity contribution is 5.69. The quantitative estimate of drug-likeness (QED) is 0.870. The SMILES string of the molecule is CC(C)(C)OC(=O)N1CC(Cn2cc(CO)nn2)C1. The van der Waals surface area contributed by atoms with Gasteiger partial charge in [0, 0.05) is 25.6 Å². The van der Waals surface area contributed by atoms with Crippen molar-refractivity contribution >= 4 is 6.09 Å². The average molecular weight is 268 g/mol. The molecule has 7 heteroatoms. The maximum absolute atomic E-state index is 11.7. The second kappa shape index (κ2) is 5.16. The van der Waals surface area contributed by atoms with E-state index in [1.807, 2.05) is 20.8 Å². The Bertz CT molecular complexity index is 446. The smallest absolute Gasteiger partial charge is 0.410 e. The van der Waals surface area contributed by atoms with E-state index < -0.39 is 5.60 Å². The van der Waals surface area contributed by atoms with Gasteiger partial charge in [0.25, 0.3) is 0 Å². The first kappa shape index (κ1) is 13.8. The van der Waals surface area contributed by atoms with Crippen molar-refractivity contribution in [3.63, 3.8) is 0 Å². The van der Waals surface area contributed by atoms with Crippen LogP contribution in [0.5, 0.6) is 0 Å². The molecule has 1 aliphatic heterocycles. The van der Waals surface area contributed by atoms with Crippen LogP contribution in [0, 0.1) is 5.92 Å². The Hall–Kier alpha value is -1.63. The fraction of sp³-hybridized carbons (Fsp3) is 0.750. The monoisotopic (exact) mass is 268 g/mol. The van der Waals surface area contributed by atoms with Gasteiger partial charge in [-0.1, -0.05) is 5.21 Å². The van der Waals surface area contributed by atoms with Gasteiger partial charge < -0.3 is 14.7 Å². The second-order valence-electron chi connectivity index (χ2n) is 5.84. The first-order chi connectivity index (χ1) is 8.87. The van der Waals surface area contributed by atoms with Crippen LogP contribution in [0.25, 0.3) is 0 Å². The molecule has 0 unspecified atom stereocenters. The molecule has 7 nitrogen and oxygen atoms in total. The van der Waals surface area contributed by atoms with Crippen molar-refractivity contribution in [2.75, 3.05) is 13.1 Å². The maximum Gasteiger partial charge on any atom is 0.410 e. The first-order valence-corrected chi connectivity index (χ1v) is 6.35. The summed E-state index contributed by atoms with van der Waals surface area (Å²) in [7, 11) is 0. The number of carbonyl (C=O) groups is 1. The summed E-state index contributed by atoms with van der Waals surface area (Å²) in [6.45, 7) is 7.50. The lowest BCUT2D eigenvalue weighted by atomic mass is 10.0. The molecule has 1 fully saturated rings. The maximum atomic E-state index is 11.7. The van der Waals surface area contributed by atoms with Crippen molar-refractivity contribution in [1.29, 1.82) is 0 Å². The topological polar surface area (TPSA) is 80.5 Å². The third-order valence-corrected chi connectivity index (χ3v) is 2.80. The van der Waals surface area contributed by atoms with Crippen LogP contribution in [0.15, 0.2) is 6.20 Å². The molecule has 0 aromatic carbocycles. The molecule has 1 saturated heterocycles. The summed E-state index contributed by atoms with van der Waals surface area (Å²) in [5.41, 5.74) is 0.104.